The molecule has 1 aromatic rings. The summed E-state index contributed by atoms with van der Waals surface area (Å²) in [5, 5.41) is 12.5. The lowest BCUT2D eigenvalue weighted by Crippen LogP contribution is -2.35. The first kappa shape index (κ1) is 16.5. The molecule has 22 heavy (non-hydrogen) atoms. The number of rotatable bonds is 4. The SMILES string of the molecule is Cc1ccc(NC(=O)CC2(C(=O)O)CCCCCC2)c(C)c1. The molecular weight excluding hydrogens is 278 g/mol. The number of carboxylic acid groups (broad SMARTS) is 1. The van der Waals surface area contributed by atoms with Gasteiger partial charge in [0.2, 0.25) is 5.91 Å². The fraction of sp³-hybridized carbons (Fsp3) is 0.556. The van der Waals surface area contributed by atoms with Gasteiger partial charge in [0.15, 0.2) is 0 Å². The van der Waals surface area contributed by atoms with Crippen molar-refractivity contribution in [3.8, 4) is 0 Å². The van der Waals surface area contributed by atoms with E-state index in [1.165, 1.54) is 0 Å². The number of benzene rings is 1. The second-order valence-electron chi connectivity index (χ2n) is 6.54. The Morgan fingerprint density at radius 2 is 1.77 bits per heavy atom. The molecule has 2 N–H and O–H groups in total. The van der Waals surface area contributed by atoms with Gasteiger partial charge in [-0.25, -0.2) is 0 Å². The number of hydrogen-bond donors (Lipinski definition) is 2. The zero-order valence-corrected chi connectivity index (χ0v) is 13.4. The molecule has 0 radical (unpaired) electrons. The highest BCUT2D eigenvalue weighted by atomic mass is 16.4. The summed E-state index contributed by atoms with van der Waals surface area (Å²) in [7, 11) is 0. The van der Waals surface area contributed by atoms with Crippen LogP contribution < -0.4 is 5.32 Å². The zero-order valence-electron chi connectivity index (χ0n) is 13.4. The number of carboxylic acids is 1. The van der Waals surface area contributed by atoms with E-state index in [1.54, 1.807) is 0 Å². The number of amides is 1. The Balaban J connectivity index is 2.09. The van der Waals surface area contributed by atoms with Gasteiger partial charge in [-0.15, -0.1) is 0 Å². The van der Waals surface area contributed by atoms with Crippen LogP contribution in [-0.4, -0.2) is 17.0 Å². The molecule has 1 aliphatic carbocycles. The summed E-state index contributed by atoms with van der Waals surface area (Å²) in [6, 6.07) is 5.83. The summed E-state index contributed by atoms with van der Waals surface area (Å²) in [4.78, 5) is 24.1. The van der Waals surface area contributed by atoms with Crippen molar-refractivity contribution >= 4 is 17.6 Å². The molecule has 0 aromatic heterocycles. The van der Waals surface area contributed by atoms with Crippen LogP contribution in [0.1, 0.15) is 56.1 Å². The van der Waals surface area contributed by atoms with Crippen LogP contribution in [0.3, 0.4) is 0 Å². The molecule has 0 spiro atoms. The van der Waals surface area contributed by atoms with Gasteiger partial charge in [-0.2, -0.15) is 0 Å². The molecular formula is C18H25NO3. The number of aliphatic carboxylic acids is 1. The molecule has 4 heteroatoms. The van der Waals surface area contributed by atoms with Crippen LogP contribution in [0, 0.1) is 19.3 Å². The highest BCUT2D eigenvalue weighted by Gasteiger charge is 2.40. The summed E-state index contributed by atoms with van der Waals surface area (Å²) >= 11 is 0. The highest BCUT2D eigenvalue weighted by Crippen LogP contribution is 2.38. The molecule has 120 valence electrons. The molecule has 0 aliphatic heterocycles. The molecule has 0 atom stereocenters. The minimum absolute atomic E-state index is 0.0651. The van der Waals surface area contributed by atoms with Gasteiger partial charge in [0.25, 0.3) is 0 Å². The molecule has 2 rings (SSSR count). The summed E-state index contributed by atoms with van der Waals surface area (Å²) in [6.07, 6.45) is 5.18. The minimum Gasteiger partial charge on any atom is -0.481 e. The largest absolute Gasteiger partial charge is 0.481 e. The number of aryl methyl sites for hydroxylation is 2. The molecule has 1 fully saturated rings. The Hall–Kier alpha value is -1.84. The first-order valence-corrected chi connectivity index (χ1v) is 8.03. The second-order valence-corrected chi connectivity index (χ2v) is 6.54. The summed E-state index contributed by atoms with van der Waals surface area (Å²) in [6.45, 7) is 3.95. The minimum atomic E-state index is -0.890. The van der Waals surface area contributed by atoms with Gasteiger partial charge < -0.3 is 10.4 Å². The van der Waals surface area contributed by atoms with E-state index in [-0.39, 0.29) is 12.3 Å². The molecule has 4 nitrogen and oxygen atoms in total. The number of nitrogens with one attached hydrogen (secondary N) is 1. The Labute approximate surface area is 131 Å². The van der Waals surface area contributed by atoms with E-state index in [2.05, 4.69) is 5.32 Å². The van der Waals surface area contributed by atoms with Gasteiger partial charge in [0.05, 0.1) is 5.41 Å². The molecule has 1 amide bonds. The van der Waals surface area contributed by atoms with Gasteiger partial charge >= 0.3 is 5.97 Å². The van der Waals surface area contributed by atoms with E-state index in [4.69, 9.17) is 0 Å². The standard InChI is InChI=1S/C18H25NO3/c1-13-7-8-15(14(2)11-13)19-16(20)12-18(17(21)22)9-5-3-4-6-10-18/h7-8,11H,3-6,9-10,12H2,1-2H3,(H,19,20)(H,21,22). The summed E-state index contributed by atoms with van der Waals surface area (Å²) in [5.41, 5.74) is 2.02. The normalized spacial score (nSPS) is 17.5. The van der Waals surface area contributed by atoms with Gasteiger partial charge in [0, 0.05) is 12.1 Å². The first-order valence-electron chi connectivity index (χ1n) is 8.03. The average molecular weight is 303 g/mol. The lowest BCUT2D eigenvalue weighted by molar-refractivity contribution is -0.152. The number of carbonyl (C=O) groups excluding carboxylic acids is 1. The van der Waals surface area contributed by atoms with Crippen LogP contribution in [0.5, 0.6) is 0 Å². The fourth-order valence-electron chi connectivity index (χ4n) is 3.33. The zero-order chi connectivity index (χ0) is 16.2. The van der Waals surface area contributed by atoms with E-state index in [9.17, 15) is 14.7 Å². The van der Waals surface area contributed by atoms with E-state index in [0.717, 1.165) is 42.5 Å². The number of anilines is 1. The van der Waals surface area contributed by atoms with Crippen molar-refractivity contribution in [2.75, 3.05) is 5.32 Å². The summed E-state index contributed by atoms with van der Waals surface area (Å²) < 4.78 is 0. The van der Waals surface area contributed by atoms with Crippen LogP contribution in [0.2, 0.25) is 0 Å². The number of carbonyl (C=O) groups is 2. The molecule has 0 bridgehead atoms. The molecule has 1 aromatic carbocycles. The molecule has 0 unspecified atom stereocenters. The lowest BCUT2D eigenvalue weighted by Gasteiger charge is -2.27. The number of hydrogen-bond acceptors (Lipinski definition) is 2. The van der Waals surface area contributed by atoms with Crippen LogP contribution >= 0.6 is 0 Å². The van der Waals surface area contributed by atoms with Gasteiger partial charge in [-0.3, -0.25) is 9.59 Å². The van der Waals surface area contributed by atoms with Gasteiger partial charge in [0.1, 0.15) is 0 Å². The predicted molar refractivity (Wildman–Crippen MR) is 86.9 cm³/mol. The van der Waals surface area contributed by atoms with Crippen molar-refractivity contribution in [1.82, 2.24) is 0 Å². The first-order chi connectivity index (χ1) is 10.4. The Morgan fingerprint density at radius 3 is 2.32 bits per heavy atom. The summed E-state index contributed by atoms with van der Waals surface area (Å²) in [5.74, 6) is -1.03. The van der Waals surface area contributed by atoms with E-state index in [0.29, 0.717) is 12.8 Å². The Morgan fingerprint density at radius 1 is 1.14 bits per heavy atom. The maximum atomic E-state index is 12.4. The third-order valence-corrected chi connectivity index (χ3v) is 4.67. The van der Waals surface area contributed by atoms with Crippen molar-refractivity contribution in [1.29, 1.82) is 0 Å². The second kappa shape index (κ2) is 6.95. The third-order valence-electron chi connectivity index (χ3n) is 4.67. The maximum absolute atomic E-state index is 12.4. The molecule has 1 saturated carbocycles. The van der Waals surface area contributed by atoms with Crippen LogP contribution in [-0.2, 0) is 9.59 Å². The average Bonchev–Trinajstić information content (AvgIpc) is 2.68. The van der Waals surface area contributed by atoms with E-state index in [1.807, 2.05) is 32.0 Å². The quantitative estimate of drug-likeness (QED) is 0.824. The monoisotopic (exact) mass is 303 g/mol. The van der Waals surface area contributed by atoms with Crippen LogP contribution in [0.25, 0.3) is 0 Å². The topological polar surface area (TPSA) is 66.4 Å². The van der Waals surface area contributed by atoms with Crippen LogP contribution in [0.4, 0.5) is 5.69 Å². The van der Waals surface area contributed by atoms with Crippen molar-refractivity contribution in [2.45, 2.75) is 58.8 Å². The molecule has 0 saturated heterocycles. The Bertz CT molecular complexity index is 557. The van der Waals surface area contributed by atoms with Crippen LogP contribution in [0.15, 0.2) is 18.2 Å². The van der Waals surface area contributed by atoms with Crippen molar-refractivity contribution in [3.05, 3.63) is 29.3 Å². The molecule has 1 aliphatic rings. The fourth-order valence-corrected chi connectivity index (χ4v) is 3.33. The predicted octanol–water partition coefficient (Wildman–Crippen LogP) is 4.06. The van der Waals surface area contributed by atoms with Gasteiger partial charge in [-0.1, -0.05) is 43.4 Å². The Kier molecular flexibility index (Phi) is 5.22. The van der Waals surface area contributed by atoms with Crippen molar-refractivity contribution in [3.63, 3.8) is 0 Å². The smallest absolute Gasteiger partial charge is 0.310 e. The van der Waals surface area contributed by atoms with E-state index < -0.39 is 11.4 Å². The molecule has 0 heterocycles. The third kappa shape index (κ3) is 3.87. The highest BCUT2D eigenvalue weighted by molar-refractivity contribution is 5.94. The van der Waals surface area contributed by atoms with Crippen molar-refractivity contribution in [2.24, 2.45) is 5.41 Å². The van der Waals surface area contributed by atoms with E-state index >= 15 is 0 Å². The van der Waals surface area contributed by atoms with Crippen molar-refractivity contribution < 1.29 is 14.7 Å². The lowest BCUT2D eigenvalue weighted by atomic mass is 9.77. The van der Waals surface area contributed by atoms with Gasteiger partial charge in [-0.05, 0) is 38.3 Å². The maximum Gasteiger partial charge on any atom is 0.310 e.